The van der Waals surface area contributed by atoms with E-state index in [-0.39, 0.29) is 6.16 Å². The minimum atomic E-state index is -3.26. The largest absolute Gasteiger partial charge is 0.481 e. The number of hydrogen-bond acceptors (Lipinski definition) is 5. The Hall–Kier alpha value is -0.940. The van der Waals surface area contributed by atoms with Crippen molar-refractivity contribution < 1.29 is 19.3 Å². The number of aromatic nitrogens is 1. The number of ether oxygens (including phenoxy) is 1. The van der Waals surface area contributed by atoms with Gasteiger partial charge < -0.3 is 20.1 Å². The number of nitrogens with zero attached hydrogens (tertiary/aromatic N) is 1. The van der Waals surface area contributed by atoms with Crippen LogP contribution in [0.25, 0.3) is 0 Å². The molecular formula is C17H29N2O4P. The van der Waals surface area contributed by atoms with Gasteiger partial charge in [-0.2, -0.15) is 0 Å². The first-order valence-electron chi connectivity index (χ1n) is 8.67. The van der Waals surface area contributed by atoms with Crippen molar-refractivity contribution in [3.05, 3.63) is 23.9 Å². The zero-order valence-electron chi connectivity index (χ0n) is 14.4. The third-order valence-electron chi connectivity index (χ3n) is 4.48. The molecule has 0 bridgehead atoms. The van der Waals surface area contributed by atoms with Crippen LogP contribution < -0.4 is 10.1 Å². The maximum Gasteiger partial charge on any atom is 0.213 e. The Morgan fingerprint density at radius 1 is 1.42 bits per heavy atom. The van der Waals surface area contributed by atoms with Gasteiger partial charge in [-0.25, -0.2) is 4.98 Å². The van der Waals surface area contributed by atoms with Crippen LogP contribution in [0, 0.1) is 5.92 Å². The molecule has 1 aliphatic carbocycles. The topological polar surface area (TPSA) is 91.7 Å². The predicted molar refractivity (Wildman–Crippen MR) is 94.6 cm³/mol. The average molecular weight is 356 g/mol. The van der Waals surface area contributed by atoms with Gasteiger partial charge >= 0.3 is 0 Å². The fourth-order valence-electron chi connectivity index (χ4n) is 3.30. The highest BCUT2D eigenvalue weighted by Crippen LogP contribution is 2.45. The van der Waals surface area contributed by atoms with Crippen molar-refractivity contribution in [1.29, 1.82) is 0 Å². The summed E-state index contributed by atoms with van der Waals surface area (Å²) < 4.78 is 17.4. The van der Waals surface area contributed by atoms with Gasteiger partial charge in [0.25, 0.3) is 0 Å². The van der Waals surface area contributed by atoms with Crippen LogP contribution in [0.3, 0.4) is 0 Å². The molecule has 0 spiro atoms. The lowest BCUT2D eigenvalue weighted by Gasteiger charge is -2.25. The second-order valence-corrected chi connectivity index (χ2v) is 9.13. The van der Waals surface area contributed by atoms with Crippen LogP contribution in [0.15, 0.2) is 18.3 Å². The Balaban J connectivity index is 1.71. The third-order valence-corrected chi connectivity index (χ3v) is 6.56. The number of methoxy groups -OCH3 is 1. The molecule has 1 saturated carbocycles. The molecule has 0 aliphatic heterocycles. The number of hydrogen-bond donors (Lipinski definition) is 3. The van der Waals surface area contributed by atoms with Crippen LogP contribution in [0.5, 0.6) is 5.88 Å². The maximum absolute atomic E-state index is 12.4. The zero-order valence-corrected chi connectivity index (χ0v) is 15.3. The number of rotatable bonds is 9. The molecule has 24 heavy (non-hydrogen) atoms. The van der Waals surface area contributed by atoms with Gasteiger partial charge in [-0.15, -0.1) is 0 Å². The number of pyridine rings is 1. The molecule has 1 fully saturated rings. The predicted octanol–water partition coefficient (Wildman–Crippen LogP) is 2.39. The number of nitrogens with one attached hydrogen (secondary N) is 1. The lowest BCUT2D eigenvalue weighted by molar-refractivity contribution is 0.189. The van der Waals surface area contributed by atoms with Gasteiger partial charge in [0.15, 0.2) is 0 Å². The van der Waals surface area contributed by atoms with Crippen molar-refractivity contribution in [1.82, 2.24) is 10.3 Å². The van der Waals surface area contributed by atoms with E-state index in [2.05, 4.69) is 10.3 Å². The van der Waals surface area contributed by atoms with Gasteiger partial charge in [0, 0.05) is 31.5 Å². The van der Waals surface area contributed by atoms with Crippen molar-refractivity contribution in [2.75, 3.05) is 26.0 Å². The summed E-state index contributed by atoms with van der Waals surface area (Å²) in [6.45, 7) is 0.841. The average Bonchev–Trinajstić information content (AvgIpc) is 2.55. The van der Waals surface area contributed by atoms with Gasteiger partial charge in [0.05, 0.1) is 19.4 Å². The normalized spacial score (nSPS) is 19.6. The molecule has 1 aromatic rings. The van der Waals surface area contributed by atoms with Crippen LogP contribution in [0.1, 0.15) is 37.7 Å². The molecule has 1 aliphatic rings. The minimum Gasteiger partial charge on any atom is -0.481 e. The van der Waals surface area contributed by atoms with Gasteiger partial charge in [-0.1, -0.05) is 19.3 Å². The monoisotopic (exact) mass is 356 g/mol. The van der Waals surface area contributed by atoms with Gasteiger partial charge in [0.1, 0.15) is 0 Å². The summed E-state index contributed by atoms with van der Waals surface area (Å²) in [7, 11) is -1.70. The highest BCUT2D eigenvalue weighted by atomic mass is 31.2. The molecule has 7 heteroatoms. The molecule has 0 aromatic carbocycles. The summed E-state index contributed by atoms with van der Waals surface area (Å²) in [6, 6.07) is 3.68. The summed E-state index contributed by atoms with van der Waals surface area (Å²) in [4.78, 5) is 14.2. The van der Waals surface area contributed by atoms with E-state index < -0.39 is 13.5 Å². The molecule has 6 nitrogen and oxygen atoms in total. The van der Waals surface area contributed by atoms with E-state index in [1.54, 1.807) is 13.3 Å². The second kappa shape index (κ2) is 9.52. The summed E-state index contributed by atoms with van der Waals surface area (Å²) in [5, 5.41) is 13.2. The first kappa shape index (κ1) is 19.4. The Bertz CT molecular complexity index is 549. The van der Waals surface area contributed by atoms with E-state index in [1.807, 2.05) is 12.1 Å². The van der Waals surface area contributed by atoms with Crippen molar-refractivity contribution in [2.24, 2.45) is 5.92 Å². The highest BCUT2D eigenvalue weighted by Gasteiger charge is 2.27. The first-order valence-corrected chi connectivity index (χ1v) is 10.7. The fraction of sp³-hybridized carbons (Fsp3) is 0.706. The van der Waals surface area contributed by atoms with Crippen molar-refractivity contribution >= 4 is 7.37 Å². The molecule has 1 heterocycles. The lowest BCUT2D eigenvalue weighted by atomic mass is 9.91. The van der Waals surface area contributed by atoms with Gasteiger partial charge in [0.2, 0.25) is 13.2 Å². The molecule has 0 saturated heterocycles. The molecule has 3 N–H and O–H groups in total. The van der Waals surface area contributed by atoms with Crippen LogP contribution in [-0.4, -0.2) is 47.1 Å². The molecule has 2 rings (SSSR count). The van der Waals surface area contributed by atoms with Crippen molar-refractivity contribution in [3.8, 4) is 5.88 Å². The molecule has 136 valence electrons. The van der Waals surface area contributed by atoms with Crippen molar-refractivity contribution in [2.45, 2.75) is 44.8 Å². The van der Waals surface area contributed by atoms with Gasteiger partial charge in [-0.3, -0.25) is 4.57 Å². The molecule has 1 aromatic heterocycles. The van der Waals surface area contributed by atoms with E-state index in [1.165, 1.54) is 6.42 Å². The maximum atomic E-state index is 12.4. The third kappa shape index (κ3) is 6.89. The number of aliphatic hydroxyl groups is 1. The minimum absolute atomic E-state index is 0.0316. The molecular weight excluding hydrogens is 327 g/mol. The van der Waals surface area contributed by atoms with Crippen LogP contribution in [-0.2, 0) is 11.1 Å². The van der Waals surface area contributed by atoms with E-state index in [0.717, 1.165) is 31.2 Å². The Labute approximate surface area is 144 Å². The Morgan fingerprint density at radius 3 is 2.88 bits per heavy atom. The summed E-state index contributed by atoms with van der Waals surface area (Å²) in [5.41, 5.74) is 0.989. The molecule has 2 atom stereocenters. The van der Waals surface area contributed by atoms with Crippen molar-refractivity contribution in [3.63, 3.8) is 0 Å². The smallest absolute Gasteiger partial charge is 0.213 e. The standard InChI is InChI=1S/C17H29N2O4P/c1-23-17-9-15(7-8-19-17)10-18-11-16(20)13-24(21,22)12-14-5-3-2-4-6-14/h7-9,14,16,18,20H,2-6,10-13H2,1H3,(H,21,22)/t16-/m1/s1. The lowest BCUT2D eigenvalue weighted by Crippen LogP contribution is -2.30. The second-order valence-electron chi connectivity index (χ2n) is 6.71. The van der Waals surface area contributed by atoms with E-state index in [0.29, 0.717) is 31.0 Å². The summed E-state index contributed by atoms with van der Waals surface area (Å²) >= 11 is 0. The molecule has 0 amide bonds. The summed E-state index contributed by atoms with van der Waals surface area (Å²) in [5.74, 6) is 0.890. The SMILES string of the molecule is COc1cc(CNC[C@@H](O)CP(=O)(O)CC2CCCCC2)ccn1. The van der Waals surface area contributed by atoms with E-state index >= 15 is 0 Å². The fourth-order valence-corrected chi connectivity index (χ4v) is 5.41. The number of aliphatic hydroxyl groups excluding tert-OH is 1. The van der Waals surface area contributed by atoms with E-state index in [9.17, 15) is 14.6 Å². The first-order chi connectivity index (χ1) is 11.5. The Morgan fingerprint density at radius 2 is 2.17 bits per heavy atom. The van der Waals surface area contributed by atoms with E-state index in [4.69, 9.17) is 4.74 Å². The highest BCUT2D eigenvalue weighted by molar-refractivity contribution is 7.58. The molecule has 1 unspecified atom stereocenters. The van der Waals surface area contributed by atoms with Crippen LogP contribution in [0.2, 0.25) is 0 Å². The quantitative estimate of drug-likeness (QED) is 0.589. The van der Waals surface area contributed by atoms with Gasteiger partial charge in [-0.05, 0) is 30.4 Å². The summed E-state index contributed by atoms with van der Waals surface area (Å²) in [6.07, 6.45) is 6.81. The van der Waals surface area contributed by atoms with Crippen LogP contribution >= 0.6 is 7.37 Å². The van der Waals surface area contributed by atoms with Crippen LogP contribution in [0.4, 0.5) is 0 Å². The Kier molecular flexibility index (Phi) is 7.69. The zero-order chi connectivity index (χ0) is 17.4. The molecule has 0 radical (unpaired) electrons.